The minimum atomic E-state index is -0.982. The lowest BCUT2D eigenvalue weighted by atomic mass is 9.99. The van der Waals surface area contributed by atoms with Crippen molar-refractivity contribution in [3.63, 3.8) is 0 Å². The molecule has 2 aliphatic rings. The van der Waals surface area contributed by atoms with Gasteiger partial charge in [0, 0.05) is 11.6 Å². The first-order valence-corrected chi connectivity index (χ1v) is 6.06. The Morgan fingerprint density at radius 2 is 2.29 bits per heavy atom. The molecular formula is C13H16FNO2. The zero-order valence-electron chi connectivity index (χ0n) is 9.83. The van der Waals surface area contributed by atoms with E-state index in [0.29, 0.717) is 11.3 Å². The lowest BCUT2D eigenvalue weighted by molar-refractivity contribution is 0.172. The predicted molar refractivity (Wildman–Crippen MR) is 62.1 cm³/mol. The van der Waals surface area contributed by atoms with Crippen LogP contribution in [-0.4, -0.2) is 13.3 Å². The SMILES string of the molecule is CC(F)c1cc2c(c(C3CCCN3)c1)OCO2. The maximum Gasteiger partial charge on any atom is 0.231 e. The van der Waals surface area contributed by atoms with Gasteiger partial charge in [-0.2, -0.15) is 0 Å². The van der Waals surface area contributed by atoms with E-state index in [0.717, 1.165) is 30.7 Å². The number of alkyl halides is 1. The van der Waals surface area contributed by atoms with E-state index in [9.17, 15) is 4.39 Å². The first-order chi connectivity index (χ1) is 8.25. The number of fused-ring (bicyclic) bond motifs is 1. The minimum Gasteiger partial charge on any atom is -0.454 e. The van der Waals surface area contributed by atoms with Gasteiger partial charge in [-0.15, -0.1) is 0 Å². The molecule has 1 aromatic rings. The fourth-order valence-corrected chi connectivity index (χ4v) is 2.50. The number of nitrogens with one attached hydrogen (secondary N) is 1. The number of ether oxygens (including phenoxy) is 2. The molecule has 2 atom stereocenters. The van der Waals surface area contributed by atoms with Crippen LogP contribution in [-0.2, 0) is 0 Å². The highest BCUT2D eigenvalue weighted by molar-refractivity contribution is 5.52. The van der Waals surface area contributed by atoms with Crippen LogP contribution in [0.2, 0.25) is 0 Å². The molecule has 1 N–H and O–H groups in total. The second-order valence-corrected chi connectivity index (χ2v) is 4.61. The van der Waals surface area contributed by atoms with Crippen LogP contribution in [0.3, 0.4) is 0 Å². The third kappa shape index (κ3) is 1.86. The monoisotopic (exact) mass is 237 g/mol. The van der Waals surface area contributed by atoms with E-state index in [1.165, 1.54) is 0 Å². The normalized spacial score (nSPS) is 24.0. The van der Waals surface area contributed by atoms with Crippen LogP contribution in [0.1, 0.15) is 43.1 Å². The van der Waals surface area contributed by atoms with Gasteiger partial charge in [-0.25, -0.2) is 4.39 Å². The van der Waals surface area contributed by atoms with Crippen LogP contribution in [0.15, 0.2) is 12.1 Å². The van der Waals surface area contributed by atoms with E-state index in [2.05, 4.69) is 5.32 Å². The Balaban J connectivity index is 2.05. The third-order valence-electron chi connectivity index (χ3n) is 3.42. The quantitative estimate of drug-likeness (QED) is 0.858. The summed E-state index contributed by atoms with van der Waals surface area (Å²) < 4.78 is 24.3. The summed E-state index contributed by atoms with van der Waals surface area (Å²) in [5.41, 5.74) is 1.70. The van der Waals surface area contributed by atoms with Crippen molar-refractivity contribution in [3.8, 4) is 11.5 Å². The third-order valence-corrected chi connectivity index (χ3v) is 3.42. The summed E-state index contributed by atoms with van der Waals surface area (Å²) in [6.45, 7) is 2.79. The smallest absolute Gasteiger partial charge is 0.231 e. The Morgan fingerprint density at radius 3 is 3.00 bits per heavy atom. The van der Waals surface area contributed by atoms with E-state index in [1.54, 1.807) is 13.0 Å². The summed E-state index contributed by atoms with van der Waals surface area (Å²) >= 11 is 0. The summed E-state index contributed by atoms with van der Waals surface area (Å²) in [5.74, 6) is 1.46. The Hall–Kier alpha value is -1.29. The van der Waals surface area contributed by atoms with E-state index in [4.69, 9.17) is 9.47 Å². The Kier molecular flexibility index (Phi) is 2.67. The molecule has 92 valence electrons. The standard InChI is InChI=1S/C13H16FNO2/c1-8(14)9-5-10(11-3-2-4-15-11)13-12(6-9)16-7-17-13/h5-6,8,11,15H,2-4,7H2,1H3. The number of hydrogen-bond acceptors (Lipinski definition) is 3. The molecule has 0 radical (unpaired) electrons. The fraction of sp³-hybridized carbons (Fsp3) is 0.538. The largest absolute Gasteiger partial charge is 0.454 e. The molecule has 2 heterocycles. The van der Waals surface area contributed by atoms with Crippen LogP contribution in [0.4, 0.5) is 4.39 Å². The van der Waals surface area contributed by atoms with Gasteiger partial charge in [0.1, 0.15) is 6.17 Å². The van der Waals surface area contributed by atoms with Crippen molar-refractivity contribution in [2.45, 2.75) is 32.0 Å². The molecular weight excluding hydrogens is 221 g/mol. The van der Waals surface area contributed by atoms with Gasteiger partial charge in [0.25, 0.3) is 0 Å². The molecule has 2 aliphatic heterocycles. The molecule has 0 aromatic heterocycles. The van der Waals surface area contributed by atoms with E-state index in [-0.39, 0.29) is 12.8 Å². The lowest BCUT2D eigenvalue weighted by Crippen LogP contribution is -2.13. The van der Waals surface area contributed by atoms with Gasteiger partial charge in [-0.1, -0.05) is 0 Å². The Bertz CT molecular complexity index is 428. The van der Waals surface area contributed by atoms with Gasteiger partial charge >= 0.3 is 0 Å². The average Bonchev–Trinajstić information content (AvgIpc) is 2.98. The molecule has 0 aliphatic carbocycles. The molecule has 0 saturated carbocycles. The van der Waals surface area contributed by atoms with Gasteiger partial charge in [0.05, 0.1) is 0 Å². The summed E-state index contributed by atoms with van der Waals surface area (Å²) in [7, 11) is 0. The van der Waals surface area contributed by atoms with Crippen molar-refractivity contribution in [2.24, 2.45) is 0 Å². The van der Waals surface area contributed by atoms with Crippen molar-refractivity contribution in [1.29, 1.82) is 0 Å². The average molecular weight is 237 g/mol. The zero-order chi connectivity index (χ0) is 11.8. The van der Waals surface area contributed by atoms with Gasteiger partial charge in [0.15, 0.2) is 11.5 Å². The highest BCUT2D eigenvalue weighted by Crippen LogP contribution is 2.43. The Morgan fingerprint density at radius 1 is 1.41 bits per heavy atom. The maximum atomic E-state index is 13.5. The summed E-state index contributed by atoms with van der Waals surface area (Å²) in [6.07, 6.45) is 1.24. The second-order valence-electron chi connectivity index (χ2n) is 4.61. The molecule has 1 saturated heterocycles. The van der Waals surface area contributed by atoms with Crippen LogP contribution in [0.25, 0.3) is 0 Å². The number of rotatable bonds is 2. The summed E-state index contributed by atoms with van der Waals surface area (Å²) in [6, 6.07) is 3.91. The predicted octanol–water partition coefficient (Wildman–Crippen LogP) is 2.87. The van der Waals surface area contributed by atoms with Crippen molar-refractivity contribution >= 4 is 0 Å². The molecule has 1 fully saturated rings. The molecule has 0 amide bonds. The van der Waals surface area contributed by atoms with Gasteiger partial charge in [0.2, 0.25) is 6.79 Å². The highest BCUT2D eigenvalue weighted by atomic mass is 19.1. The van der Waals surface area contributed by atoms with E-state index >= 15 is 0 Å². The van der Waals surface area contributed by atoms with Crippen molar-refractivity contribution < 1.29 is 13.9 Å². The molecule has 3 nitrogen and oxygen atoms in total. The number of halogens is 1. The number of benzene rings is 1. The van der Waals surface area contributed by atoms with Crippen molar-refractivity contribution in [3.05, 3.63) is 23.3 Å². The first kappa shape index (κ1) is 10.8. The molecule has 0 bridgehead atoms. The zero-order valence-corrected chi connectivity index (χ0v) is 9.83. The molecule has 2 unspecified atom stereocenters. The second kappa shape index (κ2) is 4.18. The van der Waals surface area contributed by atoms with Gasteiger partial charge < -0.3 is 14.8 Å². The summed E-state index contributed by atoms with van der Waals surface area (Å²) in [4.78, 5) is 0. The molecule has 4 heteroatoms. The lowest BCUT2D eigenvalue weighted by Gasteiger charge is -2.15. The van der Waals surface area contributed by atoms with Crippen LogP contribution >= 0.6 is 0 Å². The van der Waals surface area contributed by atoms with Gasteiger partial charge in [-0.3, -0.25) is 0 Å². The molecule has 3 rings (SSSR count). The molecule has 1 aromatic carbocycles. The van der Waals surface area contributed by atoms with E-state index in [1.807, 2.05) is 6.07 Å². The van der Waals surface area contributed by atoms with Crippen molar-refractivity contribution in [2.75, 3.05) is 13.3 Å². The number of hydrogen-bond donors (Lipinski definition) is 1. The Labute approximate surface area is 99.9 Å². The maximum absolute atomic E-state index is 13.5. The van der Waals surface area contributed by atoms with Crippen LogP contribution in [0, 0.1) is 0 Å². The van der Waals surface area contributed by atoms with Crippen molar-refractivity contribution in [1.82, 2.24) is 5.32 Å². The fourth-order valence-electron chi connectivity index (χ4n) is 2.50. The topological polar surface area (TPSA) is 30.5 Å². The van der Waals surface area contributed by atoms with E-state index < -0.39 is 6.17 Å². The minimum absolute atomic E-state index is 0.235. The first-order valence-electron chi connectivity index (χ1n) is 6.06. The highest BCUT2D eigenvalue weighted by Gasteiger charge is 2.27. The molecule has 17 heavy (non-hydrogen) atoms. The van der Waals surface area contributed by atoms with Crippen LogP contribution in [0.5, 0.6) is 11.5 Å². The van der Waals surface area contributed by atoms with Crippen LogP contribution < -0.4 is 14.8 Å². The molecule has 0 spiro atoms. The van der Waals surface area contributed by atoms with Gasteiger partial charge in [-0.05, 0) is 44.0 Å². The summed E-state index contributed by atoms with van der Waals surface area (Å²) in [5, 5.41) is 3.41.